The van der Waals surface area contributed by atoms with Crippen LogP contribution < -0.4 is 15.0 Å². The summed E-state index contributed by atoms with van der Waals surface area (Å²) in [5, 5.41) is 2.93. The van der Waals surface area contributed by atoms with Gasteiger partial charge in [0.05, 0.1) is 23.7 Å². The van der Waals surface area contributed by atoms with Gasteiger partial charge < -0.3 is 19.4 Å². The van der Waals surface area contributed by atoms with Gasteiger partial charge in [0.25, 0.3) is 5.91 Å². The number of hydrogen-bond donors (Lipinski definition) is 1. The lowest BCUT2D eigenvalue weighted by Crippen LogP contribution is -2.47. The number of benzene rings is 2. The summed E-state index contributed by atoms with van der Waals surface area (Å²) < 4.78 is 23.4. The average molecular weight is 496 g/mol. The fourth-order valence-electron chi connectivity index (χ4n) is 4.09. The first-order valence-corrected chi connectivity index (χ1v) is 13.3. The van der Waals surface area contributed by atoms with Crippen molar-refractivity contribution in [3.05, 3.63) is 77.7 Å². The zero-order valence-corrected chi connectivity index (χ0v) is 21.2. The molecule has 7 nitrogen and oxygen atoms in total. The van der Waals surface area contributed by atoms with Crippen LogP contribution in [-0.4, -0.2) is 61.4 Å². The summed E-state index contributed by atoms with van der Waals surface area (Å²) in [6.07, 6.45) is 0.874. The number of aryl methyl sites for hydroxylation is 1. The molecule has 0 bridgehead atoms. The summed E-state index contributed by atoms with van der Waals surface area (Å²) in [6.45, 7) is 7.49. The van der Waals surface area contributed by atoms with Crippen LogP contribution in [0, 0.1) is 6.92 Å². The summed E-state index contributed by atoms with van der Waals surface area (Å²) in [7, 11) is 0.471. The number of carbonyl (C=O) groups excluding carboxylic acids is 1. The highest BCUT2D eigenvalue weighted by molar-refractivity contribution is 7.84. The number of piperazine rings is 1. The molecule has 0 spiro atoms. The molecule has 0 saturated carbocycles. The Morgan fingerprint density at radius 1 is 1.00 bits per heavy atom. The van der Waals surface area contributed by atoms with Gasteiger partial charge in [0.2, 0.25) is 0 Å². The van der Waals surface area contributed by atoms with Gasteiger partial charge in [-0.25, -0.2) is 0 Å². The molecule has 1 aliphatic heterocycles. The average Bonchev–Trinajstić information content (AvgIpc) is 3.36. The summed E-state index contributed by atoms with van der Waals surface area (Å²) in [5.74, 6) is 1.69. The Bertz CT molecular complexity index is 1120. The Balaban J connectivity index is 1.15. The second-order valence-corrected chi connectivity index (χ2v) is 10.2. The van der Waals surface area contributed by atoms with E-state index in [-0.39, 0.29) is 17.4 Å². The van der Waals surface area contributed by atoms with Crippen LogP contribution in [0.3, 0.4) is 0 Å². The molecular weight excluding hydrogens is 462 g/mol. The van der Waals surface area contributed by atoms with E-state index in [1.54, 1.807) is 19.2 Å². The Hall–Kier alpha value is -3.10. The second kappa shape index (κ2) is 12.0. The number of carbonyl (C=O) groups is 1. The van der Waals surface area contributed by atoms with Crippen molar-refractivity contribution in [3.8, 4) is 5.75 Å². The number of furan rings is 1. The van der Waals surface area contributed by atoms with Gasteiger partial charge >= 0.3 is 0 Å². The predicted molar refractivity (Wildman–Crippen MR) is 139 cm³/mol. The van der Waals surface area contributed by atoms with Gasteiger partial charge in [-0.05, 0) is 68.4 Å². The minimum absolute atomic E-state index is 0.235. The first-order chi connectivity index (χ1) is 17.0. The summed E-state index contributed by atoms with van der Waals surface area (Å²) in [5.41, 5.74) is 2.34. The Morgan fingerprint density at radius 3 is 2.40 bits per heavy atom. The van der Waals surface area contributed by atoms with E-state index in [0.29, 0.717) is 12.3 Å². The molecule has 1 N–H and O–H groups in total. The fourth-order valence-corrected chi connectivity index (χ4v) is 5.11. The number of ether oxygens (including phenoxy) is 1. The molecule has 0 radical (unpaired) electrons. The largest absolute Gasteiger partial charge is 0.497 e. The molecule has 1 amide bonds. The second-order valence-electron chi connectivity index (χ2n) is 8.71. The normalized spacial score (nSPS) is 15.1. The predicted octanol–water partition coefficient (Wildman–Crippen LogP) is 3.85. The maximum atomic E-state index is 12.5. The highest BCUT2D eigenvalue weighted by Crippen LogP contribution is 2.20. The van der Waals surface area contributed by atoms with Crippen molar-refractivity contribution in [2.45, 2.75) is 24.0 Å². The Labute approximate surface area is 209 Å². The van der Waals surface area contributed by atoms with Gasteiger partial charge in [0.1, 0.15) is 11.5 Å². The lowest BCUT2D eigenvalue weighted by molar-refractivity contribution is 0.0922. The van der Waals surface area contributed by atoms with E-state index < -0.39 is 10.8 Å². The van der Waals surface area contributed by atoms with Crippen molar-refractivity contribution < 1.29 is 18.2 Å². The molecule has 1 atom stereocenters. The molecule has 1 aromatic heterocycles. The van der Waals surface area contributed by atoms with E-state index >= 15 is 0 Å². The maximum Gasteiger partial charge on any atom is 0.286 e. The molecule has 2 aromatic carbocycles. The molecular formula is C27H33N3O4S. The van der Waals surface area contributed by atoms with Gasteiger partial charge in [-0.2, -0.15) is 0 Å². The minimum Gasteiger partial charge on any atom is -0.497 e. The lowest BCUT2D eigenvalue weighted by atomic mass is 10.2. The number of hydrogen-bond acceptors (Lipinski definition) is 6. The van der Waals surface area contributed by atoms with Gasteiger partial charge in [-0.3, -0.25) is 13.9 Å². The van der Waals surface area contributed by atoms with Crippen LogP contribution in [0.4, 0.5) is 5.69 Å². The van der Waals surface area contributed by atoms with Crippen molar-refractivity contribution in [1.29, 1.82) is 0 Å². The van der Waals surface area contributed by atoms with Crippen molar-refractivity contribution in [2.24, 2.45) is 0 Å². The fraction of sp³-hybridized carbons (Fsp3) is 0.370. The lowest BCUT2D eigenvalue weighted by Gasteiger charge is -2.36. The topological polar surface area (TPSA) is 75.0 Å². The van der Waals surface area contributed by atoms with Crippen molar-refractivity contribution in [3.63, 3.8) is 0 Å². The van der Waals surface area contributed by atoms with E-state index in [4.69, 9.17) is 9.15 Å². The van der Waals surface area contributed by atoms with Crippen LogP contribution in [0.2, 0.25) is 0 Å². The number of nitrogens with zero attached hydrogens (tertiary/aromatic N) is 2. The number of nitrogens with one attached hydrogen (secondary N) is 1. The highest BCUT2D eigenvalue weighted by atomic mass is 32.2. The molecule has 4 rings (SSSR count). The third-order valence-corrected chi connectivity index (χ3v) is 7.53. The van der Waals surface area contributed by atoms with E-state index in [1.807, 2.05) is 43.3 Å². The Morgan fingerprint density at radius 2 is 1.71 bits per heavy atom. The molecule has 35 heavy (non-hydrogen) atoms. The molecule has 1 aliphatic rings. The van der Waals surface area contributed by atoms with E-state index in [0.717, 1.165) is 55.4 Å². The van der Waals surface area contributed by atoms with Crippen LogP contribution in [0.25, 0.3) is 0 Å². The van der Waals surface area contributed by atoms with Crippen molar-refractivity contribution in [1.82, 2.24) is 10.2 Å². The molecule has 1 saturated heterocycles. The van der Waals surface area contributed by atoms with Crippen LogP contribution >= 0.6 is 0 Å². The number of amides is 1. The SMILES string of the molecule is COc1ccc(N2CCN(CCCNC(=O)c3ccc(C[S@@](=O)c4ccc(C)cc4)o3)CC2)cc1. The monoisotopic (exact) mass is 495 g/mol. The summed E-state index contributed by atoms with van der Waals surface area (Å²) in [4.78, 5) is 18.0. The first kappa shape index (κ1) is 25.0. The van der Waals surface area contributed by atoms with E-state index in [2.05, 4.69) is 27.2 Å². The zero-order chi connectivity index (χ0) is 24.6. The number of methoxy groups -OCH3 is 1. The molecule has 186 valence electrons. The molecule has 3 aromatic rings. The summed E-state index contributed by atoms with van der Waals surface area (Å²) in [6, 6.07) is 19.2. The van der Waals surface area contributed by atoms with Crippen LogP contribution in [0.5, 0.6) is 5.75 Å². The highest BCUT2D eigenvalue weighted by Gasteiger charge is 2.17. The third-order valence-electron chi connectivity index (χ3n) is 6.19. The zero-order valence-electron chi connectivity index (χ0n) is 20.4. The van der Waals surface area contributed by atoms with Gasteiger partial charge in [-0.15, -0.1) is 0 Å². The third kappa shape index (κ3) is 6.96. The summed E-state index contributed by atoms with van der Waals surface area (Å²) >= 11 is 0. The van der Waals surface area contributed by atoms with Crippen molar-refractivity contribution >= 4 is 22.4 Å². The minimum atomic E-state index is -1.21. The molecule has 1 fully saturated rings. The maximum absolute atomic E-state index is 12.5. The van der Waals surface area contributed by atoms with Crippen LogP contribution in [0.1, 0.15) is 28.3 Å². The first-order valence-electron chi connectivity index (χ1n) is 11.9. The standard InChI is InChI=1S/C27H33N3O4S/c1-21-4-11-25(12-5-21)35(32)20-24-10-13-26(34-24)27(31)28-14-3-15-29-16-18-30(19-17-29)22-6-8-23(33-2)9-7-22/h4-13H,3,14-20H2,1-2H3,(H,28,31)/t35-/m1/s1. The Kier molecular flexibility index (Phi) is 8.60. The molecule has 0 aliphatic carbocycles. The smallest absolute Gasteiger partial charge is 0.286 e. The van der Waals surface area contributed by atoms with Gasteiger partial charge in [0.15, 0.2) is 5.76 Å². The molecule has 8 heteroatoms. The van der Waals surface area contributed by atoms with Crippen LogP contribution in [-0.2, 0) is 16.6 Å². The van der Waals surface area contributed by atoms with E-state index in [9.17, 15) is 9.00 Å². The van der Waals surface area contributed by atoms with Crippen molar-refractivity contribution in [2.75, 3.05) is 51.3 Å². The van der Waals surface area contributed by atoms with Gasteiger partial charge in [0, 0.05) is 43.3 Å². The molecule has 2 heterocycles. The van der Waals surface area contributed by atoms with Crippen LogP contribution in [0.15, 0.2) is 70.0 Å². The number of anilines is 1. The van der Waals surface area contributed by atoms with E-state index in [1.165, 1.54) is 5.69 Å². The number of rotatable bonds is 10. The van der Waals surface area contributed by atoms with Gasteiger partial charge in [-0.1, -0.05) is 17.7 Å². The molecule has 0 unspecified atom stereocenters. The quantitative estimate of drug-likeness (QED) is 0.431.